The molecule has 1 aromatic carbocycles. The van der Waals surface area contributed by atoms with Crippen LogP contribution in [0.4, 0.5) is 5.13 Å². The number of benzene rings is 1. The maximum atomic E-state index is 13.0. The molecule has 1 amide bonds. The molecule has 4 nitrogen and oxygen atoms in total. The quantitative estimate of drug-likeness (QED) is 0.451. The molecular weight excluding hydrogens is 386 g/mol. The van der Waals surface area contributed by atoms with E-state index in [0.29, 0.717) is 22.4 Å². The van der Waals surface area contributed by atoms with Crippen LogP contribution in [0, 0.1) is 6.92 Å². The van der Waals surface area contributed by atoms with E-state index in [-0.39, 0.29) is 5.91 Å². The number of hydrogen-bond acceptors (Lipinski definition) is 4. The summed E-state index contributed by atoms with van der Waals surface area (Å²) < 4.78 is 2.02. The highest BCUT2D eigenvalue weighted by Gasteiger charge is 2.21. The standard InChI is InChI=1S/C19H16ClN3OS2/c1-3-23-15-7-6-12(20)9-13(15)11(2)17(23)18(24)22-19-21-14(10-26-19)16-5-4-8-25-16/h4-10H,3H2,1-2H3,(H,21,22,24). The van der Waals surface area contributed by atoms with Gasteiger partial charge in [-0.2, -0.15) is 0 Å². The molecule has 0 fully saturated rings. The number of nitrogens with zero attached hydrogens (tertiary/aromatic N) is 2. The average Bonchev–Trinajstić information content (AvgIpc) is 3.34. The second kappa shape index (κ2) is 6.87. The lowest BCUT2D eigenvalue weighted by Crippen LogP contribution is -2.17. The number of carbonyl (C=O) groups is 1. The van der Waals surface area contributed by atoms with Gasteiger partial charge in [-0.3, -0.25) is 10.1 Å². The van der Waals surface area contributed by atoms with Crippen LogP contribution in [-0.4, -0.2) is 15.5 Å². The number of carbonyl (C=O) groups excluding carboxylic acids is 1. The number of aromatic nitrogens is 2. The van der Waals surface area contributed by atoms with E-state index < -0.39 is 0 Å². The molecule has 26 heavy (non-hydrogen) atoms. The fourth-order valence-corrected chi connectivity index (χ4v) is 4.78. The summed E-state index contributed by atoms with van der Waals surface area (Å²) in [6, 6.07) is 9.74. The molecule has 7 heteroatoms. The van der Waals surface area contributed by atoms with E-state index >= 15 is 0 Å². The molecule has 3 heterocycles. The van der Waals surface area contributed by atoms with Gasteiger partial charge in [-0.25, -0.2) is 4.98 Å². The Morgan fingerprint density at radius 2 is 2.15 bits per heavy atom. The molecule has 0 bridgehead atoms. The maximum absolute atomic E-state index is 13.0. The maximum Gasteiger partial charge on any atom is 0.274 e. The molecular formula is C19H16ClN3OS2. The third-order valence-electron chi connectivity index (χ3n) is 4.31. The second-order valence-corrected chi connectivity index (χ2v) is 8.09. The van der Waals surface area contributed by atoms with Gasteiger partial charge >= 0.3 is 0 Å². The van der Waals surface area contributed by atoms with Gasteiger partial charge in [-0.15, -0.1) is 22.7 Å². The minimum atomic E-state index is -0.149. The summed E-state index contributed by atoms with van der Waals surface area (Å²) in [5.74, 6) is -0.149. The molecule has 0 spiro atoms. The summed E-state index contributed by atoms with van der Waals surface area (Å²) in [5, 5.41) is 9.20. The lowest BCUT2D eigenvalue weighted by Gasteiger charge is -2.08. The molecule has 0 aliphatic heterocycles. The van der Waals surface area contributed by atoms with Crippen molar-refractivity contribution in [2.45, 2.75) is 20.4 Å². The number of anilines is 1. The zero-order valence-corrected chi connectivity index (χ0v) is 16.6. The zero-order chi connectivity index (χ0) is 18.3. The van der Waals surface area contributed by atoms with Crippen molar-refractivity contribution >= 4 is 56.2 Å². The molecule has 4 rings (SSSR count). The highest BCUT2D eigenvalue weighted by Crippen LogP contribution is 2.31. The summed E-state index contributed by atoms with van der Waals surface area (Å²) in [6.07, 6.45) is 0. The van der Waals surface area contributed by atoms with Gasteiger partial charge < -0.3 is 4.57 Å². The van der Waals surface area contributed by atoms with Crippen molar-refractivity contribution in [3.8, 4) is 10.6 Å². The van der Waals surface area contributed by atoms with Crippen molar-refractivity contribution in [1.29, 1.82) is 0 Å². The third-order valence-corrected chi connectivity index (χ3v) is 6.19. The molecule has 0 unspecified atom stereocenters. The normalized spacial score (nSPS) is 11.2. The molecule has 0 radical (unpaired) electrons. The molecule has 4 aromatic rings. The lowest BCUT2D eigenvalue weighted by molar-refractivity contribution is 0.101. The second-order valence-electron chi connectivity index (χ2n) is 5.85. The predicted octanol–water partition coefficient (Wildman–Crippen LogP) is 6.06. The van der Waals surface area contributed by atoms with Crippen LogP contribution in [0.2, 0.25) is 5.02 Å². The SMILES string of the molecule is CCn1c(C(=O)Nc2nc(-c3cccs3)cs2)c(C)c2cc(Cl)ccc21. The number of thiophene rings is 1. The highest BCUT2D eigenvalue weighted by molar-refractivity contribution is 7.16. The van der Waals surface area contributed by atoms with Gasteiger partial charge in [0.25, 0.3) is 5.91 Å². The first-order valence-electron chi connectivity index (χ1n) is 8.17. The number of amides is 1. The molecule has 0 saturated heterocycles. The number of nitrogens with one attached hydrogen (secondary N) is 1. The van der Waals surface area contributed by atoms with Crippen LogP contribution in [0.5, 0.6) is 0 Å². The Balaban J connectivity index is 1.69. The van der Waals surface area contributed by atoms with Gasteiger partial charge in [-0.1, -0.05) is 17.7 Å². The van der Waals surface area contributed by atoms with Crippen LogP contribution in [0.15, 0.2) is 41.1 Å². The first-order chi connectivity index (χ1) is 12.6. The number of aryl methyl sites for hydroxylation is 2. The fraction of sp³-hybridized carbons (Fsp3) is 0.158. The molecule has 0 aliphatic rings. The first-order valence-corrected chi connectivity index (χ1v) is 10.3. The summed E-state index contributed by atoms with van der Waals surface area (Å²) in [5.41, 5.74) is 3.48. The summed E-state index contributed by atoms with van der Waals surface area (Å²) in [7, 11) is 0. The minimum Gasteiger partial charge on any atom is -0.337 e. The van der Waals surface area contributed by atoms with Gasteiger partial charge in [0.15, 0.2) is 5.13 Å². The van der Waals surface area contributed by atoms with Crippen molar-refractivity contribution < 1.29 is 4.79 Å². The number of rotatable bonds is 4. The van der Waals surface area contributed by atoms with Crippen molar-refractivity contribution in [2.75, 3.05) is 5.32 Å². The fourth-order valence-electron chi connectivity index (χ4n) is 3.14. The highest BCUT2D eigenvalue weighted by atomic mass is 35.5. The van der Waals surface area contributed by atoms with Gasteiger partial charge in [0.05, 0.1) is 10.6 Å². The van der Waals surface area contributed by atoms with E-state index in [4.69, 9.17) is 11.6 Å². The van der Waals surface area contributed by atoms with Crippen LogP contribution in [-0.2, 0) is 6.54 Å². The van der Waals surface area contributed by atoms with E-state index in [2.05, 4.69) is 10.3 Å². The molecule has 0 aliphatic carbocycles. The average molecular weight is 402 g/mol. The topological polar surface area (TPSA) is 46.9 Å². The zero-order valence-electron chi connectivity index (χ0n) is 14.2. The number of thiazole rings is 1. The summed E-state index contributed by atoms with van der Waals surface area (Å²) >= 11 is 9.20. The molecule has 132 valence electrons. The number of fused-ring (bicyclic) bond motifs is 1. The summed E-state index contributed by atoms with van der Waals surface area (Å²) in [4.78, 5) is 18.6. The Kier molecular flexibility index (Phi) is 4.56. The van der Waals surface area contributed by atoms with Crippen LogP contribution < -0.4 is 5.32 Å². The smallest absolute Gasteiger partial charge is 0.274 e. The Hall–Kier alpha value is -2.15. The van der Waals surface area contributed by atoms with Crippen molar-refractivity contribution in [2.24, 2.45) is 0 Å². The Labute approximate surface area is 164 Å². The van der Waals surface area contributed by atoms with E-state index in [9.17, 15) is 4.79 Å². The van der Waals surface area contributed by atoms with Crippen molar-refractivity contribution in [3.63, 3.8) is 0 Å². The number of hydrogen-bond donors (Lipinski definition) is 1. The largest absolute Gasteiger partial charge is 0.337 e. The molecule has 0 atom stereocenters. The summed E-state index contributed by atoms with van der Waals surface area (Å²) in [6.45, 7) is 4.69. The monoisotopic (exact) mass is 401 g/mol. The van der Waals surface area contributed by atoms with E-state index in [1.54, 1.807) is 11.3 Å². The Bertz CT molecular complexity index is 1100. The van der Waals surface area contributed by atoms with E-state index in [0.717, 1.165) is 27.0 Å². The van der Waals surface area contributed by atoms with Gasteiger partial charge in [-0.05, 0) is 49.1 Å². The van der Waals surface area contributed by atoms with Crippen LogP contribution in [0.3, 0.4) is 0 Å². The van der Waals surface area contributed by atoms with Gasteiger partial charge in [0.2, 0.25) is 0 Å². The van der Waals surface area contributed by atoms with E-state index in [1.165, 1.54) is 11.3 Å². The van der Waals surface area contributed by atoms with Gasteiger partial charge in [0.1, 0.15) is 5.69 Å². The van der Waals surface area contributed by atoms with Crippen molar-refractivity contribution in [1.82, 2.24) is 9.55 Å². The van der Waals surface area contributed by atoms with Gasteiger partial charge in [0, 0.05) is 27.9 Å². The van der Waals surface area contributed by atoms with Crippen LogP contribution >= 0.6 is 34.3 Å². The minimum absolute atomic E-state index is 0.149. The first kappa shape index (κ1) is 17.3. The van der Waals surface area contributed by atoms with Crippen molar-refractivity contribution in [3.05, 3.63) is 57.4 Å². The number of halogens is 1. The third kappa shape index (κ3) is 2.94. The molecule has 1 N–H and O–H groups in total. The Morgan fingerprint density at radius 3 is 2.88 bits per heavy atom. The molecule has 3 aromatic heterocycles. The predicted molar refractivity (Wildman–Crippen MR) is 111 cm³/mol. The van der Waals surface area contributed by atoms with Crippen LogP contribution in [0.25, 0.3) is 21.5 Å². The molecule has 0 saturated carbocycles. The van der Waals surface area contributed by atoms with E-state index in [1.807, 2.05) is 59.5 Å². The lowest BCUT2D eigenvalue weighted by atomic mass is 10.1. The van der Waals surface area contributed by atoms with Crippen LogP contribution in [0.1, 0.15) is 23.0 Å². The Morgan fingerprint density at radius 1 is 1.31 bits per heavy atom.